The highest BCUT2D eigenvalue weighted by atomic mass is 19.1. The van der Waals surface area contributed by atoms with Crippen LogP contribution in [0.2, 0.25) is 0 Å². The zero-order valence-electron chi connectivity index (χ0n) is 12.7. The van der Waals surface area contributed by atoms with E-state index in [2.05, 4.69) is 5.32 Å². The Balaban J connectivity index is 1.83. The lowest BCUT2D eigenvalue weighted by molar-refractivity contribution is -0.124. The number of hydrogen-bond donors (Lipinski definition) is 1. The SMILES string of the molecule is C[C@H]1C(=O)NCCCN1C(=O)c1ccc(-c2ccc(F)cc2)o1. The zero-order valence-corrected chi connectivity index (χ0v) is 12.7. The number of nitrogens with one attached hydrogen (secondary N) is 1. The predicted molar refractivity (Wildman–Crippen MR) is 82.2 cm³/mol. The van der Waals surface area contributed by atoms with Gasteiger partial charge in [-0.2, -0.15) is 0 Å². The summed E-state index contributed by atoms with van der Waals surface area (Å²) in [6.07, 6.45) is 0.702. The molecule has 2 heterocycles. The van der Waals surface area contributed by atoms with Gasteiger partial charge in [-0.15, -0.1) is 0 Å². The molecule has 120 valence electrons. The van der Waals surface area contributed by atoms with Crippen molar-refractivity contribution >= 4 is 11.8 Å². The molecule has 1 aliphatic heterocycles. The molecule has 1 saturated heterocycles. The van der Waals surface area contributed by atoms with E-state index < -0.39 is 6.04 Å². The fraction of sp³-hybridized carbons (Fsp3) is 0.294. The zero-order chi connectivity index (χ0) is 16.4. The van der Waals surface area contributed by atoms with Crippen LogP contribution in [0.3, 0.4) is 0 Å². The van der Waals surface area contributed by atoms with Crippen molar-refractivity contribution in [1.29, 1.82) is 0 Å². The summed E-state index contributed by atoms with van der Waals surface area (Å²) in [4.78, 5) is 26.0. The molecule has 2 aromatic rings. The summed E-state index contributed by atoms with van der Waals surface area (Å²) in [5.41, 5.74) is 0.687. The maximum absolute atomic E-state index is 13.0. The fourth-order valence-electron chi connectivity index (χ4n) is 2.58. The molecule has 0 bridgehead atoms. The van der Waals surface area contributed by atoms with E-state index in [9.17, 15) is 14.0 Å². The van der Waals surface area contributed by atoms with Crippen LogP contribution in [0.5, 0.6) is 0 Å². The van der Waals surface area contributed by atoms with Gasteiger partial charge in [-0.05, 0) is 49.7 Å². The van der Waals surface area contributed by atoms with Gasteiger partial charge in [0.2, 0.25) is 5.91 Å². The van der Waals surface area contributed by atoms with E-state index in [0.29, 0.717) is 30.8 Å². The summed E-state index contributed by atoms with van der Waals surface area (Å²) >= 11 is 0. The number of rotatable bonds is 2. The van der Waals surface area contributed by atoms with Crippen molar-refractivity contribution in [2.45, 2.75) is 19.4 Å². The Hall–Kier alpha value is -2.63. The summed E-state index contributed by atoms with van der Waals surface area (Å²) in [6.45, 7) is 2.75. The van der Waals surface area contributed by atoms with Crippen LogP contribution in [0.1, 0.15) is 23.9 Å². The number of benzene rings is 1. The fourth-order valence-corrected chi connectivity index (χ4v) is 2.58. The molecule has 1 fully saturated rings. The molecule has 6 heteroatoms. The lowest BCUT2D eigenvalue weighted by atomic mass is 10.2. The van der Waals surface area contributed by atoms with Crippen molar-refractivity contribution in [1.82, 2.24) is 10.2 Å². The van der Waals surface area contributed by atoms with Crippen molar-refractivity contribution in [2.75, 3.05) is 13.1 Å². The summed E-state index contributed by atoms with van der Waals surface area (Å²) < 4.78 is 18.6. The van der Waals surface area contributed by atoms with E-state index in [1.54, 1.807) is 31.2 Å². The van der Waals surface area contributed by atoms with E-state index in [-0.39, 0.29) is 23.4 Å². The molecule has 1 aromatic heterocycles. The van der Waals surface area contributed by atoms with Gasteiger partial charge in [0.25, 0.3) is 5.91 Å². The smallest absolute Gasteiger partial charge is 0.290 e. The molecule has 3 rings (SSSR count). The Bertz CT molecular complexity index is 724. The Kier molecular flexibility index (Phi) is 4.14. The predicted octanol–water partition coefficient (Wildman–Crippen LogP) is 2.44. The number of carbonyl (C=O) groups excluding carboxylic acids is 2. The molecule has 0 aliphatic carbocycles. The van der Waals surface area contributed by atoms with Crippen molar-refractivity contribution in [3.8, 4) is 11.3 Å². The normalized spacial score (nSPS) is 18.4. The van der Waals surface area contributed by atoms with Crippen LogP contribution in [0.4, 0.5) is 4.39 Å². The first kappa shape index (κ1) is 15.3. The molecule has 0 saturated carbocycles. The summed E-state index contributed by atoms with van der Waals surface area (Å²) in [6, 6.07) is 8.56. The number of halogens is 1. The number of nitrogens with zero attached hydrogens (tertiary/aromatic N) is 1. The highest BCUT2D eigenvalue weighted by Crippen LogP contribution is 2.24. The first-order chi connectivity index (χ1) is 11.1. The van der Waals surface area contributed by atoms with Gasteiger partial charge in [0.15, 0.2) is 5.76 Å². The first-order valence-electron chi connectivity index (χ1n) is 7.51. The Morgan fingerprint density at radius 2 is 2.00 bits per heavy atom. The number of furan rings is 1. The molecule has 1 N–H and O–H groups in total. The van der Waals surface area contributed by atoms with Gasteiger partial charge in [-0.3, -0.25) is 9.59 Å². The highest BCUT2D eigenvalue weighted by molar-refractivity contribution is 5.96. The second-order valence-corrected chi connectivity index (χ2v) is 5.49. The maximum Gasteiger partial charge on any atom is 0.290 e. The minimum atomic E-state index is -0.538. The molecule has 1 aromatic carbocycles. The molecular formula is C17H17FN2O3. The van der Waals surface area contributed by atoms with Crippen LogP contribution in [0.15, 0.2) is 40.8 Å². The van der Waals surface area contributed by atoms with Crippen LogP contribution >= 0.6 is 0 Å². The minimum Gasteiger partial charge on any atom is -0.451 e. The van der Waals surface area contributed by atoms with E-state index in [1.165, 1.54) is 17.0 Å². The third-order valence-electron chi connectivity index (χ3n) is 3.93. The minimum absolute atomic E-state index is 0.166. The molecule has 0 unspecified atom stereocenters. The van der Waals surface area contributed by atoms with Crippen molar-refractivity contribution in [2.24, 2.45) is 0 Å². The topological polar surface area (TPSA) is 62.6 Å². The summed E-state index contributed by atoms with van der Waals surface area (Å²) in [5.74, 6) is -0.156. The van der Waals surface area contributed by atoms with Gasteiger partial charge in [0.1, 0.15) is 17.6 Å². The summed E-state index contributed by atoms with van der Waals surface area (Å²) in [7, 11) is 0. The van der Waals surface area contributed by atoms with Gasteiger partial charge < -0.3 is 14.6 Å². The lowest BCUT2D eigenvalue weighted by Gasteiger charge is -2.24. The molecule has 2 amide bonds. The molecule has 1 atom stereocenters. The second kappa shape index (κ2) is 6.24. The van der Waals surface area contributed by atoms with E-state index in [1.807, 2.05) is 0 Å². The van der Waals surface area contributed by atoms with Gasteiger partial charge in [-0.1, -0.05) is 0 Å². The number of amides is 2. The molecule has 23 heavy (non-hydrogen) atoms. The Morgan fingerprint density at radius 3 is 2.74 bits per heavy atom. The third-order valence-corrected chi connectivity index (χ3v) is 3.93. The highest BCUT2D eigenvalue weighted by Gasteiger charge is 2.30. The van der Waals surface area contributed by atoms with Crippen LogP contribution in [0, 0.1) is 5.82 Å². The van der Waals surface area contributed by atoms with Gasteiger partial charge in [-0.25, -0.2) is 4.39 Å². The standard InChI is InChI=1S/C17H17FN2O3/c1-11-16(21)19-9-2-10-20(11)17(22)15-8-7-14(23-15)12-3-5-13(18)6-4-12/h3-8,11H,2,9-10H2,1H3,(H,19,21)/t11-/m0/s1. The Labute approximate surface area is 133 Å². The Morgan fingerprint density at radius 1 is 1.26 bits per heavy atom. The van der Waals surface area contributed by atoms with Crippen molar-refractivity contribution < 1.29 is 18.4 Å². The maximum atomic E-state index is 13.0. The average molecular weight is 316 g/mol. The lowest BCUT2D eigenvalue weighted by Crippen LogP contribution is -2.45. The molecule has 0 radical (unpaired) electrons. The first-order valence-corrected chi connectivity index (χ1v) is 7.51. The van der Waals surface area contributed by atoms with Gasteiger partial charge >= 0.3 is 0 Å². The van der Waals surface area contributed by atoms with E-state index in [0.717, 1.165) is 0 Å². The van der Waals surface area contributed by atoms with Crippen LogP contribution in [0.25, 0.3) is 11.3 Å². The molecule has 0 spiro atoms. The average Bonchev–Trinajstić information content (AvgIpc) is 2.98. The second-order valence-electron chi connectivity index (χ2n) is 5.49. The number of hydrogen-bond acceptors (Lipinski definition) is 3. The van der Waals surface area contributed by atoms with Crippen LogP contribution < -0.4 is 5.32 Å². The largest absolute Gasteiger partial charge is 0.451 e. The van der Waals surface area contributed by atoms with Crippen LogP contribution in [-0.2, 0) is 4.79 Å². The third kappa shape index (κ3) is 3.11. The molecular weight excluding hydrogens is 299 g/mol. The monoisotopic (exact) mass is 316 g/mol. The quantitative estimate of drug-likeness (QED) is 0.925. The summed E-state index contributed by atoms with van der Waals surface area (Å²) in [5, 5.41) is 2.77. The van der Waals surface area contributed by atoms with Crippen LogP contribution in [-0.4, -0.2) is 35.8 Å². The van der Waals surface area contributed by atoms with Crippen molar-refractivity contribution in [3.63, 3.8) is 0 Å². The number of carbonyl (C=O) groups is 2. The molecule has 1 aliphatic rings. The van der Waals surface area contributed by atoms with Crippen molar-refractivity contribution in [3.05, 3.63) is 48.0 Å². The van der Waals surface area contributed by atoms with Gasteiger partial charge in [0.05, 0.1) is 0 Å². The molecule has 5 nitrogen and oxygen atoms in total. The van der Waals surface area contributed by atoms with E-state index in [4.69, 9.17) is 4.42 Å². The van der Waals surface area contributed by atoms with E-state index >= 15 is 0 Å². The van der Waals surface area contributed by atoms with Gasteiger partial charge in [0, 0.05) is 18.7 Å².